The first kappa shape index (κ1) is 11.7. The molecule has 0 saturated carbocycles. The molecule has 0 aliphatic heterocycles. The molecule has 0 fully saturated rings. The van der Waals surface area contributed by atoms with Gasteiger partial charge in [0.05, 0.1) is 17.8 Å². The van der Waals surface area contributed by atoms with Gasteiger partial charge < -0.3 is 5.73 Å². The second-order valence-corrected chi connectivity index (χ2v) is 4.56. The standard InChI is InChI=1S/C15H14N4/c1-10-2-3-11-8-12(4-5-14(11)19-10)15(16)13-6-7-17-18-9-13/h2-9,15H,16H2,1H3. The van der Waals surface area contributed by atoms with Gasteiger partial charge in [0.2, 0.25) is 0 Å². The van der Waals surface area contributed by atoms with Gasteiger partial charge in [-0.1, -0.05) is 12.1 Å². The molecule has 2 N–H and O–H groups in total. The summed E-state index contributed by atoms with van der Waals surface area (Å²) >= 11 is 0. The largest absolute Gasteiger partial charge is 0.320 e. The first-order valence-corrected chi connectivity index (χ1v) is 6.13. The molecule has 4 heteroatoms. The number of nitrogens with two attached hydrogens (primary N) is 1. The maximum Gasteiger partial charge on any atom is 0.0705 e. The molecule has 2 heterocycles. The van der Waals surface area contributed by atoms with Gasteiger partial charge in [-0.25, -0.2) is 0 Å². The van der Waals surface area contributed by atoms with Crippen molar-refractivity contribution in [3.05, 3.63) is 65.6 Å². The average molecular weight is 250 g/mol. The monoisotopic (exact) mass is 250 g/mol. The zero-order chi connectivity index (χ0) is 13.2. The lowest BCUT2D eigenvalue weighted by Crippen LogP contribution is -2.12. The summed E-state index contributed by atoms with van der Waals surface area (Å²) in [4.78, 5) is 4.49. The molecule has 1 atom stereocenters. The number of rotatable bonds is 2. The normalized spacial score (nSPS) is 12.5. The number of fused-ring (bicyclic) bond motifs is 1. The fraction of sp³-hybridized carbons (Fsp3) is 0.133. The summed E-state index contributed by atoms with van der Waals surface area (Å²) < 4.78 is 0. The van der Waals surface area contributed by atoms with Crippen molar-refractivity contribution in [2.24, 2.45) is 5.73 Å². The number of aryl methyl sites for hydroxylation is 1. The van der Waals surface area contributed by atoms with Crippen molar-refractivity contribution in [3.8, 4) is 0 Å². The summed E-state index contributed by atoms with van der Waals surface area (Å²) in [7, 11) is 0. The molecule has 0 amide bonds. The molecule has 3 rings (SSSR count). The van der Waals surface area contributed by atoms with Crippen LogP contribution in [-0.2, 0) is 0 Å². The van der Waals surface area contributed by atoms with Crippen LogP contribution in [0.2, 0.25) is 0 Å². The average Bonchev–Trinajstić information content (AvgIpc) is 2.47. The Kier molecular flexibility index (Phi) is 2.93. The van der Waals surface area contributed by atoms with Crippen LogP contribution in [0.1, 0.15) is 22.9 Å². The van der Waals surface area contributed by atoms with E-state index in [0.717, 1.165) is 27.7 Å². The molecule has 3 aromatic rings. The Balaban J connectivity index is 2.04. The van der Waals surface area contributed by atoms with E-state index >= 15 is 0 Å². The van der Waals surface area contributed by atoms with Crippen LogP contribution >= 0.6 is 0 Å². The van der Waals surface area contributed by atoms with Crippen molar-refractivity contribution in [2.45, 2.75) is 13.0 Å². The minimum absolute atomic E-state index is 0.193. The highest BCUT2D eigenvalue weighted by atomic mass is 15.1. The van der Waals surface area contributed by atoms with Crippen LogP contribution in [0, 0.1) is 6.92 Å². The van der Waals surface area contributed by atoms with Crippen molar-refractivity contribution in [1.82, 2.24) is 15.2 Å². The SMILES string of the molecule is Cc1ccc2cc(C(N)c3ccnnc3)ccc2n1. The summed E-state index contributed by atoms with van der Waals surface area (Å²) in [5, 5.41) is 8.73. The van der Waals surface area contributed by atoms with Gasteiger partial charge in [0.25, 0.3) is 0 Å². The molecule has 1 aromatic carbocycles. The van der Waals surface area contributed by atoms with E-state index in [1.807, 2.05) is 31.2 Å². The fourth-order valence-corrected chi connectivity index (χ4v) is 2.12. The summed E-state index contributed by atoms with van der Waals surface area (Å²) in [6.45, 7) is 1.99. The molecule has 0 spiro atoms. The highest BCUT2D eigenvalue weighted by molar-refractivity contribution is 5.79. The summed E-state index contributed by atoms with van der Waals surface area (Å²) in [5.74, 6) is 0. The Labute approximate surface area is 111 Å². The third kappa shape index (κ3) is 2.30. The Hall–Kier alpha value is -2.33. The third-order valence-electron chi connectivity index (χ3n) is 3.18. The number of hydrogen-bond donors (Lipinski definition) is 1. The van der Waals surface area contributed by atoms with Gasteiger partial charge in [-0.05, 0) is 42.3 Å². The molecule has 0 bridgehead atoms. The van der Waals surface area contributed by atoms with E-state index in [9.17, 15) is 0 Å². The van der Waals surface area contributed by atoms with Crippen LogP contribution < -0.4 is 5.73 Å². The number of nitrogens with zero attached hydrogens (tertiary/aromatic N) is 3. The van der Waals surface area contributed by atoms with Crippen LogP contribution in [0.25, 0.3) is 10.9 Å². The lowest BCUT2D eigenvalue weighted by molar-refractivity contribution is 0.847. The highest BCUT2D eigenvalue weighted by Gasteiger charge is 2.09. The third-order valence-corrected chi connectivity index (χ3v) is 3.18. The molecule has 94 valence electrons. The number of aromatic nitrogens is 3. The van der Waals surface area contributed by atoms with Crippen molar-refractivity contribution < 1.29 is 0 Å². The minimum atomic E-state index is -0.193. The van der Waals surface area contributed by atoms with Crippen molar-refractivity contribution in [1.29, 1.82) is 0 Å². The Morgan fingerprint density at radius 2 is 1.89 bits per heavy atom. The summed E-state index contributed by atoms with van der Waals surface area (Å²) in [6, 6.07) is 11.9. The molecule has 4 nitrogen and oxygen atoms in total. The van der Waals surface area contributed by atoms with Gasteiger partial charge in [0.1, 0.15) is 0 Å². The van der Waals surface area contributed by atoms with Crippen molar-refractivity contribution in [2.75, 3.05) is 0 Å². The Morgan fingerprint density at radius 3 is 2.68 bits per heavy atom. The molecule has 2 aromatic heterocycles. The lowest BCUT2D eigenvalue weighted by Gasteiger charge is -2.12. The van der Waals surface area contributed by atoms with Crippen molar-refractivity contribution in [3.63, 3.8) is 0 Å². The molecule has 1 unspecified atom stereocenters. The van der Waals surface area contributed by atoms with Gasteiger partial charge in [0, 0.05) is 17.3 Å². The van der Waals surface area contributed by atoms with E-state index in [2.05, 4.69) is 27.3 Å². The van der Waals surface area contributed by atoms with Crippen LogP contribution in [0.15, 0.2) is 48.8 Å². The maximum absolute atomic E-state index is 6.25. The predicted octanol–water partition coefficient (Wildman–Crippen LogP) is 2.38. The molecule has 0 radical (unpaired) electrons. The fourth-order valence-electron chi connectivity index (χ4n) is 2.12. The highest BCUT2D eigenvalue weighted by Crippen LogP contribution is 2.22. The second-order valence-electron chi connectivity index (χ2n) is 4.56. The molecule has 0 aliphatic carbocycles. The number of pyridine rings is 1. The van der Waals surface area contributed by atoms with Gasteiger partial charge in [0.15, 0.2) is 0 Å². The number of hydrogen-bond acceptors (Lipinski definition) is 4. The van der Waals surface area contributed by atoms with Crippen molar-refractivity contribution >= 4 is 10.9 Å². The van der Waals surface area contributed by atoms with E-state index in [4.69, 9.17) is 5.73 Å². The van der Waals surface area contributed by atoms with Gasteiger partial charge in [-0.3, -0.25) is 4.98 Å². The van der Waals surface area contributed by atoms with Gasteiger partial charge in [-0.2, -0.15) is 10.2 Å². The Morgan fingerprint density at radius 1 is 1.00 bits per heavy atom. The van der Waals surface area contributed by atoms with Gasteiger partial charge in [-0.15, -0.1) is 0 Å². The van der Waals surface area contributed by atoms with E-state index in [1.54, 1.807) is 12.4 Å². The summed E-state index contributed by atoms with van der Waals surface area (Å²) in [5.41, 5.74) is 10.3. The Bertz CT molecular complexity index is 710. The minimum Gasteiger partial charge on any atom is -0.320 e. The zero-order valence-corrected chi connectivity index (χ0v) is 10.6. The lowest BCUT2D eigenvalue weighted by atomic mass is 10.00. The second kappa shape index (κ2) is 4.74. The van der Waals surface area contributed by atoms with E-state index < -0.39 is 0 Å². The zero-order valence-electron chi connectivity index (χ0n) is 10.6. The molecule has 0 saturated heterocycles. The topological polar surface area (TPSA) is 64.7 Å². The molecular formula is C15H14N4. The van der Waals surface area contributed by atoms with Gasteiger partial charge >= 0.3 is 0 Å². The molecular weight excluding hydrogens is 236 g/mol. The first-order valence-electron chi connectivity index (χ1n) is 6.13. The molecule has 0 aliphatic rings. The smallest absolute Gasteiger partial charge is 0.0705 e. The number of benzene rings is 1. The van der Waals surface area contributed by atoms with E-state index in [1.165, 1.54) is 0 Å². The van der Waals surface area contributed by atoms with Crippen LogP contribution in [0.4, 0.5) is 0 Å². The van der Waals surface area contributed by atoms with Crippen LogP contribution in [0.5, 0.6) is 0 Å². The quantitative estimate of drug-likeness (QED) is 0.758. The summed E-state index contributed by atoms with van der Waals surface area (Å²) in [6.07, 6.45) is 3.35. The van der Waals surface area contributed by atoms with E-state index in [-0.39, 0.29) is 6.04 Å². The predicted molar refractivity (Wildman–Crippen MR) is 74.5 cm³/mol. The van der Waals surface area contributed by atoms with E-state index in [0.29, 0.717) is 0 Å². The molecule has 19 heavy (non-hydrogen) atoms. The van der Waals surface area contributed by atoms with Crippen LogP contribution in [0.3, 0.4) is 0 Å². The first-order chi connectivity index (χ1) is 9.24. The maximum atomic E-state index is 6.25. The van der Waals surface area contributed by atoms with Crippen LogP contribution in [-0.4, -0.2) is 15.2 Å².